The Hall–Kier alpha value is -1.75. The molecule has 1 aromatic heterocycles. The van der Waals surface area contributed by atoms with Gasteiger partial charge in [-0.2, -0.15) is 0 Å². The third-order valence-electron chi connectivity index (χ3n) is 4.37. The number of anilines is 1. The van der Waals surface area contributed by atoms with E-state index in [4.69, 9.17) is 4.42 Å². The van der Waals surface area contributed by atoms with E-state index in [0.29, 0.717) is 11.6 Å². The standard InChI is InChI=1S/C14H17N3O2/c18-14-16-11-4-3-10(6-13(11)19-14)17-7-9-2-1-5-15-12(9)8-17/h3-4,6,9,12,15H,1-2,5,7-8H2,(H,16,18)/t9-,12+/m1/s1. The Morgan fingerprint density at radius 2 is 2.26 bits per heavy atom. The molecule has 2 aromatic rings. The van der Waals surface area contributed by atoms with Crippen LogP contribution in [0.1, 0.15) is 12.8 Å². The van der Waals surface area contributed by atoms with Crippen LogP contribution in [0, 0.1) is 5.92 Å². The van der Waals surface area contributed by atoms with E-state index in [9.17, 15) is 4.79 Å². The summed E-state index contributed by atoms with van der Waals surface area (Å²) >= 11 is 0. The minimum absolute atomic E-state index is 0.385. The van der Waals surface area contributed by atoms with Crippen LogP contribution >= 0.6 is 0 Å². The molecule has 2 aliphatic rings. The van der Waals surface area contributed by atoms with Gasteiger partial charge in [0.15, 0.2) is 5.58 Å². The first-order valence-electron chi connectivity index (χ1n) is 6.91. The molecule has 2 saturated heterocycles. The zero-order valence-corrected chi connectivity index (χ0v) is 10.7. The number of oxazole rings is 1. The number of aromatic nitrogens is 1. The summed E-state index contributed by atoms with van der Waals surface area (Å²) in [6, 6.07) is 6.56. The molecular formula is C14H17N3O2. The van der Waals surface area contributed by atoms with Gasteiger partial charge in [0, 0.05) is 30.9 Å². The number of benzene rings is 1. The van der Waals surface area contributed by atoms with Crippen LogP contribution in [-0.4, -0.2) is 30.7 Å². The van der Waals surface area contributed by atoms with Crippen molar-refractivity contribution in [3.63, 3.8) is 0 Å². The second-order valence-electron chi connectivity index (χ2n) is 5.56. The average molecular weight is 259 g/mol. The fourth-order valence-corrected chi connectivity index (χ4v) is 3.39. The number of hydrogen-bond acceptors (Lipinski definition) is 4. The van der Waals surface area contributed by atoms with E-state index in [-0.39, 0.29) is 5.76 Å². The van der Waals surface area contributed by atoms with Gasteiger partial charge in [0.25, 0.3) is 0 Å². The second-order valence-corrected chi connectivity index (χ2v) is 5.56. The Morgan fingerprint density at radius 3 is 3.16 bits per heavy atom. The highest BCUT2D eigenvalue weighted by Crippen LogP contribution is 2.30. The smallest absolute Gasteiger partial charge is 0.408 e. The van der Waals surface area contributed by atoms with E-state index in [2.05, 4.69) is 21.3 Å². The van der Waals surface area contributed by atoms with E-state index in [1.54, 1.807) is 0 Å². The normalized spacial score (nSPS) is 26.8. The first-order valence-corrected chi connectivity index (χ1v) is 6.91. The van der Waals surface area contributed by atoms with Crippen molar-refractivity contribution in [1.29, 1.82) is 0 Å². The van der Waals surface area contributed by atoms with Crippen LogP contribution in [0.25, 0.3) is 11.1 Å². The van der Waals surface area contributed by atoms with Crippen molar-refractivity contribution < 1.29 is 4.42 Å². The molecule has 0 saturated carbocycles. The lowest BCUT2D eigenvalue weighted by Gasteiger charge is -2.24. The maximum atomic E-state index is 11.2. The Kier molecular flexibility index (Phi) is 2.41. The van der Waals surface area contributed by atoms with Crippen LogP contribution in [0.3, 0.4) is 0 Å². The molecule has 4 rings (SSSR count). The third kappa shape index (κ3) is 1.85. The molecule has 100 valence electrons. The molecule has 2 fully saturated rings. The van der Waals surface area contributed by atoms with Crippen molar-refractivity contribution in [1.82, 2.24) is 10.3 Å². The highest BCUT2D eigenvalue weighted by atomic mass is 16.4. The number of piperidine rings is 1. The maximum absolute atomic E-state index is 11.2. The molecule has 5 heteroatoms. The van der Waals surface area contributed by atoms with Gasteiger partial charge in [0.2, 0.25) is 0 Å². The van der Waals surface area contributed by atoms with Crippen molar-refractivity contribution >= 4 is 16.8 Å². The number of H-pyrrole nitrogens is 1. The van der Waals surface area contributed by atoms with Gasteiger partial charge in [-0.1, -0.05) is 0 Å². The summed E-state index contributed by atoms with van der Waals surface area (Å²) in [5.41, 5.74) is 2.56. The van der Waals surface area contributed by atoms with Crippen LogP contribution in [0.5, 0.6) is 0 Å². The molecule has 2 atom stereocenters. The molecule has 2 aliphatic heterocycles. The van der Waals surface area contributed by atoms with Gasteiger partial charge in [-0.05, 0) is 37.4 Å². The van der Waals surface area contributed by atoms with Crippen LogP contribution in [0.2, 0.25) is 0 Å². The van der Waals surface area contributed by atoms with Crippen molar-refractivity contribution in [3.8, 4) is 0 Å². The van der Waals surface area contributed by atoms with E-state index in [1.165, 1.54) is 12.8 Å². The average Bonchev–Trinajstić information content (AvgIpc) is 2.99. The van der Waals surface area contributed by atoms with Crippen molar-refractivity contribution in [3.05, 3.63) is 28.7 Å². The number of fused-ring (bicyclic) bond motifs is 2. The van der Waals surface area contributed by atoms with Gasteiger partial charge >= 0.3 is 5.76 Å². The molecule has 0 spiro atoms. The molecule has 0 radical (unpaired) electrons. The maximum Gasteiger partial charge on any atom is 0.417 e. The van der Waals surface area contributed by atoms with E-state index >= 15 is 0 Å². The Morgan fingerprint density at radius 1 is 1.32 bits per heavy atom. The number of rotatable bonds is 1. The van der Waals surface area contributed by atoms with Crippen LogP contribution in [-0.2, 0) is 0 Å². The van der Waals surface area contributed by atoms with Gasteiger partial charge < -0.3 is 14.6 Å². The zero-order valence-electron chi connectivity index (χ0n) is 10.7. The number of aromatic amines is 1. The Bertz CT molecular complexity index is 646. The molecule has 0 bridgehead atoms. The molecule has 3 heterocycles. The van der Waals surface area contributed by atoms with E-state index < -0.39 is 0 Å². The van der Waals surface area contributed by atoms with Gasteiger partial charge in [0.1, 0.15) is 0 Å². The molecule has 2 N–H and O–H groups in total. The lowest BCUT2D eigenvalue weighted by atomic mass is 9.94. The Labute approximate surface area is 110 Å². The summed E-state index contributed by atoms with van der Waals surface area (Å²) in [6.45, 7) is 3.28. The van der Waals surface area contributed by atoms with E-state index in [1.807, 2.05) is 12.1 Å². The SMILES string of the molecule is O=c1[nH]c2ccc(N3C[C@H]4CCCN[C@H]4C3)cc2o1. The fourth-order valence-electron chi connectivity index (χ4n) is 3.39. The predicted octanol–water partition coefficient (Wildman–Crippen LogP) is 1.31. The van der Waals surface area contributed by atoms with Gasteiger partial charge in [-0.25, -0.2) is 4.79 Å². The van der Waals surface area contributed by atoms with Gasteiger partial charge in [0.05, 0.1) is 5.52 Å². The predicted molar refractivity (Wildman–Crippen MR) is 73.6 cm³/mol. The minimum atomic E-state index is -0.385. The van der Waals surface area contributed by atoms with Gasteiger partial charge in [-0.15, -0.1) is 0 Å². The summed E-state index contributed by atoms with van der Waals surface area (Å²) in [7, 11) is 0. The van der Waals surface area contributed by atoms with Crippen LogP contribution in [0.15, 0.2) is 27.4 Å². The Balaban J connectivity index is 1.65. The summed E-state index contributed by atoms with van der Waals surface area (Å²) in [5.74, 6) is 0.367. The van der Waals surface area contributed by atoms with Crippen molar-refractivity contribution in [2.24, 2.45) is 5.92 Å². The number of nitrogens with zero attached hydrogens (tertiary/aromatic N) is 1. The minimum Gasteiger partial charge on any atom is -0.408 e. The molecule has 19 heavy (non-hydrogen) atoms. The van der Waals surface area contributed by atoms with Crippen molar-refractivity contribution in [2.45, 2.75) is 18.9 Å². The largest absolute Gasteiger partial charge is 0.417 e. The number of nitrogens with one attached hydrogen (secondary N) is 2. The van der Waals surface area contributed by atoms with Gasteiger partial charge in [-0.3, -0.25) is 4.98 Å². The summed E-state index contributed by atoms with van der Waals surface area (Å²) in [6.07, 6.45) is 2.59. The first-order chi connectivity index (χ1) is 9.29. The molecule has 0 aliphatic carbocycles. The van der Waals surface area contributed by atoms with E-state index in [0.717, 1.165) is 36.8 Å². The topological polar surface area (TPSA) is 61.3 Å². The monoisotopic (exact) mass is 259 g/mol. The summed E-state index contributed by atoms with van der Waals surface area (Å²) in [5, 5.41) is 3.60. The second kappa shape index (κ2) is 4.13. The lowest BCUT2D eigenvalue weighted by molar-refractivity contribution is 0.340. The van der Waals surface area contributed by atoms with Crippen LogP contribution in [0.4, 0.5) is 5.69 Å². The molecule has 0 unspecified atom stereocenters. The highest BCUT2D eigenvalue weighted by molar-refractivity contribution is 5.77. The zero-order chi connectivity index (χ0) is 12.8. The molecule has 5 nitrogen and oxygen atoms in total. The third-order valence-corrected chi connectivity index (χ3v) is 4.37. The lowest BCUT2D eigenvalue weighted by Crippen LogP contribution is -2.40. The summed E-state index contributed by atoms with van der Waals surface area (Å²) < 4.78 is 5.13. The first kappa shape index (κ1) is 11.1. The summed E-state index contributed by atoms with van der Waals surface area (Å²) in [4.78, 5) is 16.2. The van der Waals surface area contributed by atoms with Crippen molar-refractivity contribution in [2.75, 3.05) is 24.5 Å². The molecule has 0 amide bonds. The highest BCUT2D eigenvalue weighted by Gasteiger charge is 2.34. The van der Waals surface area contributed by atoms with Crippen LogP contribution < -0.4 is 16.0 Å². The quantitative estimate of drug-likeness (QED) is 0.810. The molecular weight excluding hydrogens is 242 g/mol. The number of hydrogen-bond donors (Lipinski definition) is 2. The molecule has 1 aromatic carbocycles. The fraction of sp³-hybridized carbons (Fsp3) is 0.500.